The fourth-order valence-electron chi connectivity index (χ4n) is 5.40. The Morgan fingerprint density at radius 3 is 2.24 bits per heavy atom. The van der Waals surface area contributed by atoms with Crippen LogP contribution in [0, 0.1) is 0 Å². The molecule has 174 valence electrons. The number of imidazole rings is 1. The second-order valence-electron chi connectivity index (χ2n) is 9.15. The maximum atomic E-state index is 5.37. The standard InChI is InChI=1S/C27H30N6O/c1-34-23-13-11-20(12-14-23)25-30-24-26(28-19-29-27(24)33(25)22-9-5-6-10-22)32-17-15-31(16-18-32)21-7-3-2-4-8-21/h2-4,7-8,11-14,19,22H,5-6,9-10,15-18H2,1H3. The molecule has 0 atom stereocenters. The highest BCUT2D eigenvalue weighted by molar-refractivity contribution is 5.87. The monoisotopic (exact) mass is 454 g/mol. The molecule has 7 heteroatoms. The molecule has 2 aromatic carbocycles. The van der Waals surface area contributed by atoms with Crippen molar-refractivity contribution in [1.82, 2.24) is 19.5 Å². The number of methoxy groups -OCH3 is 1. The molecule has 1 saturated carbocycles. The third kappa shape index (κ3) is 3.75. The number of rotatable bonds is 5. The minimum atomic E-state index is 0.430. The van der Waals surface area contributed by atoms with Gasteiger partial charge in [0.2, 0.25) is 0 Å². The highest BCUT2D eigenvalue weighted by atomic mass is 16.5. The van der Waals surface area contributed by atoms with E-state index < -0.39 is 0 Å². The van der Waals surface area contributed by atoms with Crippen molar-refractivity contribution in [3.63, 3.8) is 0 Å². The molecule has 0 amide bonds. The quantitative estimate of drug-likeness (QED) is 0.426. The number of aromatic nitrogens is 4. The average Bonchev–Trinajstić information content (AvgIpc) is 3.57. The normalized spacial score (nSPS) is 17.0. The molecule has 2 fully saturated rings. The Labute approximate surface area is 200 Å². The summed E-state index contributed by atoms with van der Waals surface area (Å²) in [5, 5.41) is 0. The lowest BCUT2D eigenvalue weighted by Gasteiger charge is -2.36. The first-order valence-corrected chi connectivity index (χ1v) is 12.2. The fraction of sp³-hybridized carbons (Fsp3) is 0.370. The molecule has 2 aromatic heterocycles. The van der Waals surface area contributed by atoms with Crippen LogP contribution in [-0.4, -0.2) is 52.8 Å². The first-order valence-electron chi connectivity index (χ1n) is 12.2. The number of hydrogen-bond donors (Lipinski definition) is 0. The Bertz CT molecular complexity index is 1260. The van der Waals surface area contributed by atoms with E-state index in [1.54, 1.807) is 13.4 Å². The highest BCUT2D eigenvalue weighted by Gasteiger charge is 2.28. The summed E-state index contributed by atoms with van der Waals surface area (Å²) in [6.45, 7) is 3.75. The number of anilines is 2. The van der Waals surface area contributed by atoms with Gasteiger partial charge in [-0.2, -0.15) is 0 Å². The SMILES string of the molecule is COc1ccc(-c2nc3c(N4CCN(c5ccccc5)CC4)ncnc3n2C2CCCC2)cc1. The van der Waals surface area contributed by atoms with E-state index in [4.69, 9.17) is 19.7 Å². The van der Waals surface area contributed by atoms with Gasteiger partial charge < -0.3 is 19.1 Å². The van der Waals surface area contributed by atoms with E-state index in [2.05, 4.69) is 56.8 Å². The van der Waals surface area contributed by atoms with Crippen molar-refractivity contribution in [3.8, 4) is 17.1 Å². The van der Waals surface area contributed by atoms with E-state index in [-0.39, 0.29) is 0 Å². The number of benzene rings is 2. The Balaban J connectivity index is 1.37. The average molecular weight is 455 g/mol. The largest absolute Gasteiger partial charge is 0.497 e. The predicted octanol–water partition coefficient (Wildman–Crippen LogP) is 4.94. The number of nitrogens with zero attached hydrogens (tertiary/aromatic N) is 6. The second-order valence-corrected chi connectivity index (χ2v) is 9.15. The van der Waals surface area contributed by atoms with Crippen molar-refractivity contribution >= 4 is 22.7 Å². The first-order chi connectivity index (χ1) is 16.8. The summed E-state index contributed by atoms with van der Waals surface area (Å²) in [5.41, 5.74) is 4.23. The van der Waals surface area contributed by atoms with Gasteiger partial charge in [0, 0.05) is 43.5 Å². The van der Waals surface area contributed by atoms with Gasteiger partial charge >= 0.3 is 0 Å². The van der Waals surface area contributed by atoms with Gasteiger partial charge in [0.15, 0.2) is 17.0 Å². The van der Waals surface area contributed by atoms with Gasteiger partial charge in [0.25, 0.3) is 0 Å². The van der Waals surface area contributed by atoms with Crippen LogP contribution < -0.4 is 14.5 Å². The molecule has 0 radical (unpaired) electrons. The van der Waals surface area contributed by atoms with Crippen LogP contribution >= 0.6 is 0 Å². The zero-order chi connectivity index (χ0) is 22.9. The van der Waals surface area contributed by atoms with Crippen LogP contribution in [0.2, 0.25) is 0 Å². The van der Waals surface area contributed by atoms with Crippen LogP contribution in [0.15, 0.2) is 60.9 Å². The zero-order valence-electron chi connectivity index (χ0n) is 19.6. The molecule has 6 rings (SSSR count). The van der Waals surface area contributed by atoms with Crippen molar-refractivity contribution < 1.29 is 4.74 Å². The molecule has 4 aromatic rings. The van der Waals surface area contributed by atoms with Crippen LogP contribution in [-0.2, 0) is 0 Å². The van der Waals surface area contributed by atoms with Gasteiger partial charge in [-0.3, -0.25) is 0 Å². The Kier molecular flexibility index (Phi) is 5.53. The minimum Gasteiger partial charge on any atom is -0.497 e. The lowest BCUT2D eigenvalue weighted by atomic mass is 10.1. The maximum absolute atomic E-state index is 5.37. The van der Waals surface area contributed by atoms with Crippen LogP contribution in [0.1, 0.15) is 31.7 Å². The molecule has 2 aliphatic rings. The Morgan fingerprint density at radius 1 is 0.824 bits per heavy atom. The van der Waals surface area contributed by atoms with Crippen LogP contribution in [0.5, 0.6) is 5.75 Å². The highest BCUT2D eigenvalue weighted by Crippen LogP contribution is 2.38. The van der Waals surface area contributed by atoms with Gasteiger partial charge in [-0.15, -0.1) is 0 Å². The Hall–Kier alpha value is -3.61. The van der Waals surface area contributed by atoms with Crippen molar-refractivity contribution in [2.75, 3.05) is 43.1 Å². The molecule has 0 bridgehead atoms. The summed E-state index contributed by atoms with van der Waals surface area (Å²) in [5.74, 6) is 2.78. The minimum absolute atomic E-state index is 0.430. The molecule has 1 saturated heterocycles. The van der Waals surface area contributed by atoms with Crippen molar-refractivity contribution in [2.24, 2.45) is 0 Å². The van der Waals surface area contributed by atoms with E-state index in [1.807, 2.05) is 12.1 Å². The summed E-state index contributed by atoms with van der Waals surface area (Å²) in [4.78, 5) is 19.5. The van der Waals surface area contributed by atoms with Gasteiger partial charge in [-0.1, -0.05) is 31.0 Å². The van der Waals surface area contributed by atoms with E-state index in [9.17, 15) is 0 Å². The molecular weight excluding hydrogens is 424 g/mol. The van der Waals surface area contributed by atoms with E-state index in [0.717, 1.165) is 60.3 Å². The van der Waals surface area contributed by atoms with E-state index >= 15 is 0 Å². The van der Waals surface area contributed by atoms with Crippen molar-refractivity contribution in [3.05, 3.63) is 60.9 Å². The topological polar surface area (TPSA) is 59.3 Å². The summed E-state index contributed by atoms with van der Waals surface area (Å²) < 4.78 is 7.74. The van der Waals surface area contributed by atoms with Crippen LogP contribution in [0.4, 0.5) is 11.5 Å². The van der Waals surface area contributed by atoms with E-state index in [1.165, 1.54) is 31.4 Å². The third-order valence-corrected chi connectivity index (χ3v) is 7.20. The summed E-state index contributed by atoms with van der Waals surface area (Å²) in [6.07, 6.45) is 6.57. The molecule has 0 unspecified atom stereocenters. The van der Waals surface area contributed by atoms with Gasteiger partial charge in [-0.25, -0.2) is 15.0 Å². The zero-order valence-corrected chi connectivity index (χ0v) is 19.6. The predicted molar refractivity (Wildman–Crippen MR) is 136 cm³/mol. The fourth-order valence-corrected chi connectivity index (χ4v) is 5.40. The van der Waals surface area contributed by atoms with Gasteiger partial charge in [0.05, 0.1) is 7.11 Å². The lowest BCUT2D eigenvalue weighted by molar-refractivity contribution is 0.415. The molecule has 7 nitrogen and oxygen atoms in total. The molecule has 1 aliphatic carbocycles. The first kappa shape index (κ1) is 21.0. The van der Waals surface area contributed by atoms with Crippen molar-refractivity contribution in [2.45, 2.75) is 31.7 Å². The summed E-state index contributed by atoms with van der Waals surface area (Å²) in [7, 11) is 1.70. The van der Waals surface area contributed by atoms with Crippen LogP contribution in [0.25, 0.3) is 22.6 Å². The molecular formula is C27H30N6O. The van der Waals surface area contributed by atoms with Crippen molar-refractivity contribution in [1.29, 1.82) is 0 Å². The van der Waals surface area contributed by atoms with E-state index in [0.29, 0.717) is 6.04 Å². The molecule has 3 heterocycles. The number of piperazine rings is 1. The van der Waals surface area contributed by atoms with Gasteiger partial charge in [0.1, 0.15) is 17.9 Å². The van der Waals surface area contributed by atoms with Crippen LogP contribution in [0.3, 0.4) is 0 Å². The molecule has 0 N–H and O–H groups in total. The lowest BCUT2D eigenvalue weighted by Crippen LogP contribution is -2.46. The summed E-state index contributed by atoms with van der Waals surface area (Å²) in [6, 6.07) is 19.3. The number of para-hydroxylation sites is 1. The third-order valence-electron chi connectivity index (χ3n) is 7.20. The maximum Gasteiger partial charge on any atom is 0.166 e. The molecule has 0 spiro atoms. The number of hydrogen-bond acceptors (Lipinski definition) is 6. The van der Waals surface area contributed by atoms with Gasteiger partial charge in [-0.05, 0) is 49.2 Å². The second kappa shape index (κ2) is 8.97. The molecule has 1 aliphatic heterocycles. The summed E-state index contributed by atoms with van der Waals surface area (Å²) >= 11 is 0. The number of fused-ring (bicyclic) bond motifs is 1. The Morgan fingerprint density at radius 2 is 1.53 bits per heavy atom. The molecule has 34 heavy (non-hydrogen) atoms. The number of ether oxygens (including phenoxy) is 1. The smallest absolute Gasteiger partial charge is 0.166 e.